The van der Waals surface area contributed by atoms with Crippen molar-refractivity contribution in [1.82, 2.24) is 0 Å². The van der Waals surface area contributed by atoms with Crippen LogP contribution < -0.4 is 19.6 Å². The highest BCUT2D eigenvalue weighted by atomic mass is 32.2. The molecular formula is C23H20F4N4O6S. The third-order valence-electron chi connectivity index (χ3n) is 4.91. The van der Waals surface area contributed by atoms with E-state index >= 15 is 0 Å². The Morgan fingerprint density at radius 3 is 2.26 bits per heavy atom. The quantitative estimate of drug-likeness (QED) is 0.135. The Morgan fingerprint density at radius 1 is 0.947 bits per heavy atom. The minimum Gasteiger partial charge on any atom is -0.435 e. The molecule has 0 heterocycles. The molecule has 0 bridgehead atoms. The number of sulfonamides is 1. The minimum absolute atomic E-state index is 0.0980. The van der Waals surface area contributed by atoms with Crippen molar-refractivity contribution in [3.63, 3.8) is 0 Å². The summed E-state index contributed by atoms with van der Waals surface area (Å²) >= 11 is 0. The zero-order chi connectivity index (χ0) is 28.0. The molecule has 3 aromatic rings. The van der Waals surface area contributed by atoms with Gasteiger partial charge in [0.1, 0.15) is 16.4 Å². The number of nitrogens with one attached hydrogen (secondary N) is 2. The van der Waals surface area contributed by atoms with E-state index in [2.05, 4.69) is 24.7 Å². The summed E-state index contributed by atoms with van der Waals surface area (Å²) in [4.78, 5) is 9.97. The maximum atomic E-state index is 13.2. The van der Waals surface area contributed by atoms with E-state index < -0.39 is 50.3 Å². The van der Waals surface area contributed by atoms with Crippen LogP contribution >= 0.6 is 0 Å². The average Bonchev–Trinajstić information content (AvgIpc) is 2.81. The van der Waals surface area contributed by atoms with E-state index in [0.717, 1.165) is 48.2 Å². The first kappa shape index (κ1) is 28.2. The molecule has 10 nitrogen and oxygen atoms in total. The van der Waals surface area contributed by atoms with E-state index in [1.54, 1.807) is 19.1 Å². The van der Waals surface area contributed by atoms with E-state index in [0.29, 0.717) is 5.56 Å². The number of non-ortho nitro benzene ring substituents is 1. The topological polar surface area (TPSA) is 132 Å². The zero-order valence-electron chi connectivity index (χ0n) is 19.7. The van der Waals surface area contributed by atoms with Crippen molar-refractivity contribution in [3.8, 4) is 11.5 Å². The van der Waals surface area contributed by atoms with Gasteiger partial charge in [-0.05, 0) is 43.7 Å². The van der Waals surface area contributed by atoms with Crippen molar-refractivity contribution in [3.05, 3.63) is 81.4 Å². The highest BCUT2D eigenvalue weighted by Gasteiger charge is 2.23. The summed E-state index contributed by atoms with van der Waals surface area (Å²) in [6, 6.07) is 10.9. The van der Waals surface area contributed by atoms with Crippen molar-refractivity contribution in [1.29, 1.82) is 0 Å². The second kappa shape index (κ2) is 11.8. The van der Waals surface area contributed by atoms with Gasteiger partial charge in [0.25, 0.3) is 15.7 Å². The molecule has 0 radical (unpaired) electrons. The highest BCUT2D eigenvalue weighted by molar-refractivity contribution is 7.92. The zero-order valence-corrected chi connectivity index (χ0v) is 20.5. The first-order valence-corrected chi connectivity index (χ1v) is 12.1. The molecule has 0 aliphatic carbocycles. The third-order valence-corrected chi connectivity index (χ3v) is 6.31. The van der Waals surface area contributed by atoms with Crippen LogP contribution in [0.1, 0.15) is 16.7 Å². The first-order chi connectivity index (χ1) is 17.9. The smallest absolute Gasteiger partial charge is 0.387 e. The van der Waals surface area contributed by atoms with Crippen molar-refractivity contribution in [2.24, 2.45) is 5.10 Å². The maximum absolute atomic E-state index is 13.2. The standard InChI is InChI=1S/C23H20F4N4O6S/c1-13-3-7-18(14(2)9-13)30-38(34,35)21-10-16(31(32)33)5-8-19(21)29-28-12-15-4-6-17(36-22(24)25)11-20(15)37-23(26)27/h3-12,22-23,29-30H,1-2H3. The molecule has 0 unspecified atom stereocenters. The predicted molar refractivity (Wildman–Crippen MR) is 131 cm³/mol. The van der Waals surface area contributed by atoms with E-state index in [1.165, 1.54) is 6.07 Å². The van der Waals surface area contributed by atoms with Gasteiger partial charge in [0.2, 0.25) is 0 Å². The fourth-order valence-corrected chi connectivity index (χ4v) is 4.54. The number of alkyl halides is 4. The Hall–Kier alpha value is -4.40. The summed E-state index contributed by atoms with van der Waals surface area (Å²) in [6.45, 7) is -2.99. The van der Waals surface area contributed by atoms with Gasteiger partial charge in [0.05, 0.1) is 22.5 Å². The first-order valence-electron chi connectivity index (χ1n) is 10.6. The van der Waals surface area contributed by atoms with Gasteiger partial charge in [-0.3, -0.25) is 20.3 Å². The lowest BCUT2D eigenvalue weighted by atomic mass is 10.1. The summed E-state index contributed by atoms with van der Waals surface area (Å²) in [7, 11) is -4.37. The molecule has 202 valence electrons. The number of nitro groups is 1. The number of aryl methyl sites for hydroxylation is 2. The number of nitro benzene ring substituents is 1. The van der Waals surface area contributed by atoms with Gasteiger partial charge in [-0.25, -0.2) is 8.42 Å². The van der Waals surface area contributed by atoms with Crippen LogP contribution in [0.15, 0.2) is 64.6 Å². The number of anilines is 2. The lowest BCUT2D eigenvalue weighted by molar-refractivity contribution is -0.385. The van der Waals surface area contributed by atoms with Crippen molar-refractivity contribution < 1.29 is 40.4 Å². The molecule has 15 heteroatoms. The summed E-state index contributed by atoms with van der Waals surface area (Å²) in [6.07, 6.45) is 0.958. The van der Waals surface area contributed by atoms with Crippen molar-refractivity contribution >= 4 is 33.3 Å². The normalized spacial score (nSPS) is 11.7. The van der Waals surface area contributed by atoms with E-state index in [-0.39, 0.29) is 16.9 Å². The van der Waals surface area contributed by atoms with Crippen molar-refractivity contribution in [2.45, 2.75) is 32.0 Å². The molecule has 0 saturated heterocycles. The molecule has 38 heavy (non-hydrogen) atoms. The minimum atomic E-state index is -4.37. The van der Waals surface area contributed by atoms with E-state index in [4.69, 9.17) is 0 Å². The molecule has 3 aromatic carbocycles. The Kier molecular flexibility index (Phi) is 8.72. The molecule has 0 spiro atoms. The number of hydrogen-bond donors (Lipinski definition) is 2. The number of rotatable bonds is 11. The molecule has 0 fully saturated rings. The Labute approximate surface area is 214 Å². The molecule has 3 rings (SSSR count). The van der Waals surface area contributed by atoms with Crippen LogP contribution in [0.3, 0.4) is 0 Å². The van der Waals surface area contributed by atoms with Gasteiger partial charge in [0, 0.05) is 23.8 Å². The number of hydrazone groups is 1. The Bertz CT molecular complexity index is 1470. The number of benzene rings is 3. The van der Waals surface area contributed by atoms with Crippen LogP contribution in [0, 0.1) is 24.0 Å². The SMILES string of the molecule is Cc1ccc(NS(=O)(=O)c2cc([N+](=O)[O-])ccc2NN=Cc2ccc(OC(F)F)cc2OC(F)F)c(C)c1. The Balaban J connectivity index is 1.95. The predicted octanol–water partition coefficient (Wildman–Crippen LogP) is 5.66. The number of ether oxygens (including phenoxy) is 2. The highest BCUT2D eigenvalue weighted by Crippen LogP contribution is 2.30. The summed E-state index contributed by atoms with van der Waals surface area (Å²) < 4.78 is 87.7. The van der Waals surface area contributed by atoms with Crippen LogP contribution in [-0.2, 0) is 10.0 Å². The van der Waals surface area contributed by atoms with Gasteiger partial charge in [-0.15, -0.1) is 0 Å². The van der Waals surface area contributed by atoms with Crippen LogP contribution in [0.25, 0.3) is 0 Å². The molecule has 2 N–H and O–H groups in total. The van der Waals surface area contributed by atoms with Gasteiger partial charge < -0.3 is 9.47 Å². The lowest BCUT2D eigenvalue weighted by Crippen LogP contribution is -2.16. The lowest BCUT2D eigenvalue weighted by Gasteiger charge is -2.14. The average molecular weight is 556 g/mol. The maximum Gasteiger partial charge on any atom is 0.387 e. The molecule has 0 atom stereocenters. The van der Waals surface area contributed by atoms with E-state index in [1.807, 2.05) is 6.92 Å². The fourth-order valence-electron chi connectivity index (χ4n) is 3.23. The van der Waals surface area contributed by atoms with Gasteiger partial charge in [0.15, 0.2) is 0 Å². The van der Waals surface area contributed by atoms with Crippen LogP contribution in [-0.4, -0.2) is 32.8 Å². The van der Waals surface area contributed by atoms with Gasteiger partial charge >= 0.3 is 13.2 Å². The van der Waals surface area contributed by atoms with E-state index in [9.17, 15) is 36.1 Å². The monoisotopic (exact) mass is 556 g/mol. The second-order valence-corrected chi connectivity index (χ2v) is 9.34. The fraction of sp³-hybridized carbons (Fsp3) is 0.174. The second-order valence-electron chi connectivity index (χ2n) is 7.69. The number of halogens is 4. The van der Waals surface area contributed by atoms with Gasteiger partial charge in [-0.2, -0.15) is 22.7 Å². The summed E-state index contributed by atoms with van der Waals surface area (Å²) in [5, 5.41) is 15.1. The molecule has 0 saturated carbocycles. The number of nitrogens with zero attached hydrogens (tertiary/aromatic N) is 2. The Morgan fingerprint density at radius 2 is 1.63 bits per heavy atom. The van der Waals surface area contributed by atoms with Crippen LogP contribution in [0.4, 0.5) is 34.6 Å². The van der Waals surface area contributed by atoms with Crippen LogP contribution in [0.2, 0.25) is 0 Å². The molecule has 0 aliphatic rings. The summed E-state index contributed by atoms with van der Waals surface area (Å²) in [5.41, 5.74) is 3.36. The molecule has 0 aliphatic heterocycles. The number of hydrogen-bond acceptors (Lipinski definition) is 8. The third kappa shape index (κ3) is 7.32. The van der Waals surface area contributed by atoms with Gasteiger partial charge in [-0.1, -0.05) is 17.7 Å². The molecule has 0 aromatic heterocycles. The molecular weight excluding hydrogens is 536 g/mol. The largest absolute Gasteiger partial charge is 0.435 e. The molecule has 0 amide bonds. The van der Waals surface area contributed by atoms with Crippen molar-refractivity contribution in [2.75, 3.05) is 10.1 Å². The summed E-state index contributed by atoms with van der Waals surface area (Å²) in [5.74, 6) is -0.987. The van der Waals surface area contributed by atoms with Crippen LogP contribution in [0.5, 0.6) is 11.5 Å².